The highest BCUT2D eigenvalue weighted by molar-refractivity contribution is 5.92. The van der Waals surface area contributed by atoms with Gasteiger partial charge in [0.25, 0.3) is 5.91 Å². The summed E-state index contributed by atoms with van der Waals surface area (Å²) in [4.78, 5) is 23.4. The van der Waals surface area contributed by atoms with Crippen molar-refractivity contribution in [2.24, 2.45) is 0 Å². The molecular formula is C23H21FN6O. The summed E-state index contributed by atoms with van der Waals surface area (Å²) in [5, 5.41) is 11.5. The van der Waals surface area contributed by atoms with Crippen LogP contribution in [0, 0.1) is 5.82 Å². The number of hydrogen-bond donors (Lipinski definition) is 2. The minimum atomic E-state index is -0.252. The van der Waals surface area contributed by atoms with E-state index in [0.717, 1.165) is 23.1 Å². The second-order valence-electron chi connectivity index (χ2n) is 7.64. The number of nitrogens with zero attached hydrogens (tertiary/aromatic N) is 4. The Labute approximate surface area is 178 Å². The largest absolute Gasteiger partial charge is 0.364 e. The smallest absolute Gasteiger partial charge is 0.272 e. The molecule has 0 bridgehead atoms. The number of H-pyrrole nitrogens is 1. The van der Waals surface area contributed by atoms with Crippen molar-refractivity contribution in [1.82, 2.24) is 25.1 Å². The zero-order valence-corrected chi connectivity index (χ0v) is 16.8. The van der Waals surface area contributed by atoms with Crippen LogP contribution in [0.3, 0.4) is 0 Å². The Balaban J connectivity index is 1.27. The van der Waals surface area contributed by atoms with Gasteiger partial charge in [0, 0.05) is 37.4 Å². The van der Waals surface area contributed by atoms with E-state index >= 15 is 0 Å². The van der Waals surface area contributed by atoms with Crippen LogP contribution in [-0.2, 0) is 6.54 Å². The normalized spacial score (nSPS) is 16.0. The summed E-state index contributed by atoms with van der Waals surface area (Å²) < 4.78 is 13.1. The molecule has 4 heterocycles. The van der Waals surface area contributed by atoms with Gasteiger partial charge in [-0.3, -0.25) is 14.9 Å². The lowest BCUT2D eigenvalue weighted by atomic mass is 10.0. The number of aromatic amines is 1. The first-order valence-electron chi connectivity index (χ1n) is 10.2. The number of aromatic nitrogens is 4. The van der Waals surface area contributed by atoms with Crippen molar-refractivity contribution in [3.8, 4) is 0 Å². The van der Waals surface area contributed by atoms with Crippen molar-refractivity contribution >= 4 is 22.8 Å². The maximum Gasteiger partial charge on any atom is 0.272 e. The van der Waals surface area contributed by atoms with E-state index in [4.69, 9.17) is 4.98 Å². The molecule has 4 aromatic rings. The number of carbonyl (C=O) groups is 1. The number of pyridine rings is 2. The van der Waals surface area contributed by atoms with Crippen LogP contribution in [0.1, 0.15) is 34.1 Å². The quantitative estimate of drug-likeness (QED) is 0.518. The summed E-state index contributed by atoms with van der Waals surface area (Å²) in [5.74, 6) is 0.587. The lowest BCUT2D eigenvalue weighted by molar-refractivity contribution is 0.0785. The fourth-order valence-corrected chi connectivity index (χ4v) is 3.91. The molecule has 0 saturated carbocycles. The molecule has 2 N–H and O–H groups in total. The Bertz CT molecular complexity index is 1210. The van der Waals surface area contributed by atoms with Gasteiger partial charge in [-0.25, -0.2) is 9.37 Å². The summed E-state index contributed by atoms with van der Waals surface area (Å²) in [5.41, 5.74) is 3.08. The Morgan fingerprint density at radius 1 is 1.16 bits per heavy atom. The zero-order chi connectivity index (χ0) is 21.2. The molecule has 7 nitrogen and oxygen atoms in total. The molecule has 8 heteroatoms. The summed E-state index contributed by atoms with van der Waals surface area (Å²) in [7, 11) is 0. The number of carbonyl (C=O) groups excluding carboxylic acids is 1. The zero-order valence-electron chi connectivity index (χ0n) is 16.8. The van der Waals surface area contributed by atoms with Gasteiger partial charge in [0.2, 0.25) is 0 Å². The lowest BCUT2D eigenvalue weighted by Gasteiger charge is -2.15. The molecule has 0 radical (unpaired) electrons. The molecule has 3 aromatic heterocycles. The summed E-state index contributed by atoms with van der Waals surface area (Å²) >= 11 is 0. The Morgan fingerprint density at radius 2 is 2.03 bits per heavy atom. The minimum absolute atomic E-state index is 0.0435. The fraction of sp³-hybridized carbons (Fsp3) is 0.217. The van der Waals surface area contributed by atoms with E-state index in [1.807, 2.05) is 23.1 Å². The van der Waals surface area contributed by atoms with Gasteiger partial charge in [0.15, 0.2) is 11.5 Å². The maximum absolute atomic E-state index is 13.1. The average molecular weight is 416 g/mol. The molecule has 31 heavy (non-hydrogen) atoms. The van der Waals surface area contributed by atoms with Crippen molar-refractivity contribution in [3.05, 3.63) is 83.6 Å². The van der Waals surface area contributed by atoms with Crippen LogP contribution in [0.5, 0.6) is 0 Å². The van der Waals surface area contributed by atoms with E-state index in [0.29, 0.717) is 36.8 Å². The highest BCUT2D eigenvalue weighted by Gasteiger charge is 2.29. The van der Waals surface area contributed by atoms with Gasteiger partial charge in [-0.2, -0.15) is 5.10 Å². The predicted molar refractivity (Wildman–Crippen MR) is 115 cm³/mol. The highest BCUT2D eigenvalue weighted by atomic mass is 19.1. The first-order valence-corrected chi connectivity index (χ1v) is 10.2. The van der Waals surface area contributed by atoms with Crippen LogP contribution in [-0.4, -0.2) is 44.1 Å². The van der Waals surface area contributed by atoms with Crippen LogP contribution < -0.4 is 5.32 Å². The van der Waals surface area contributed by atoms with Gasteiger partial charge in [0.1, 0.15) is 11.5 Å². The van der Waals surface area contributed by atoms with Crippen molar-refractivity contribution in [1.29, 1.82) is 0 Å². The molecule has 1 fully saturated rings. The van der Waals surface area contributed by atoms with Crippen LogP contribution >= 0.6 is 0 Å². The second-order valence-corrected chi connectivity index (χ2v) is 7.64. The monoisotopic (exact) mass is 416 g/mol. The molecule has 0 aliphatic carbocycles. The fourth-order valence-electron chi connectivity index (χ4n) is 3.91. The van der Waals surface area contributed by atoms with Crippen LogP contribution in [0.4, 0.5) is 10.2 Å². The average Bonchev–Trinajstić information content (AvgIpc) is 3.46. The molecule has 0 unspecified atom stereocenters. The van der Waals surface area contributed by atoms with E-state index in [1.54, 1.807) is 30.5 Å². The number of anilines is 1. The van der Waals surface area contributed by atoms with Gasteiger partial charge in [-0.15, -0.1) is 0 Å². The van der Waals surface area contributed by atoms with Crippen LogP contribution in [0.15, 0.2) is 60.8 Å². The predicted octanol–water partition coefficient (Wildman–Crippen LogP) is 3.73. The molecule has 5 rings (SSSR count). The molecule has 1 aromatic carbocycles. The van der Waals surface area contributed by atoms with Gasteiger partial charge >= 0.3 is 0 Å². The number of hydrogen-bond acceptors (Lipinski definition) is 5. The third-order valence-corrected chi connectivity index (χ3v) is 5.60. The second kappa shape index (κ2) is 8.14. The van der Waals surface area contributed by atoms with Gasteiger partial charge in [-0.1, -0.05) is 18.2 Å². The number of benzene rings is 1. The van der Waals surface area contributed by atoms with E-state index in [1.165, 1.54) is 12.1 Å². The van der Waals surface area contributed by atoms with Crippen molar-refractivity contribution < 1.29 is 9.18 Å². The van der Waals surface area contributed by atoms with Crippen molar-refractivity contribution in [3.63, 3.8) is 0 Å². The number of likely N-dealkylation sites (tertiary alicyclic amines) is 1. The summed E-state index contributed by atoms with van der Waals surface area (Å²) in [6.45, 7) is 1.85. The molecule has 156 valence electrons. The maximum atomic E-state index is 13.1. The third kappa shape index (κ3) is 3.96. The van der Waals surface area contributed by atoms with E-state index < -0.39 is 0 Å². The SMILES string of the molecule is O=C(c1ccccn1)N1CC[C@H](c2ccc3c(NCc4ccc(F)cc4)n[nH]c3n2)C1. The van der Waals surface area contributed by atoms with Crippen molar-refractivity contribution in [2.45, 2.75) is 18.9 Å². The first kappa shape index (κ1) is 19.2. The molecule has 0 spiro atoms. The number of amides is 1. The Morgan fingerprint density at radius 3 is 2.84 bits per heavy atom. The number of rotatable bonds is 5. The van der Waals surface area contributed by atoms with Gasteiger partial charge in [0.05, 0.1) is 5.39 Å². The number of fused-ring (bicyclic) bond motifs is 1. The number of halogens is 1. The summed E-state index contributed by atoms with van der Waals surface area (Å²) in [6.07, 6.45) is 2.50. The molecule has 1 aliphatic heterocycles. The molecular weight excluding hydrogens is 395 g/mol. The number of nitrogens with one attached hydrogen (secondary N) is 2. The lowest BCUT2D eigenvalue weighted by Crippen LogP contribution is -2.29. The standard InChI is InChI=1S/C23H21FN6O/c24-17-6-4-15(5-7-17)13-26-21-18-8-9-19(27-22(18)29-28-21)16-10-12-30(14-16)23(31)20-3-1-2-11-25-20/h1-9,11,16H,10,12-14H2,(H2,26,27,28,29)/t16-/m0/s1. The molecule has 1 aliphatic rings. The van der Waals surface area contributed by atoms with Crippen molar-refractivity contribution in [2.75, 3.05) is 18.4 Å². The Kier molecular flexibility index (Phi) is 5.03. The highest BCUT2D eigenvalue weighted by Crippen LogP contribution is 2.29. The Hall–Kier alpha value is -3.81. The van der Waals surface area contributed by atoms with Gasteiger partial charge < -0.3 is 10.2 Å². The van der Waals surface area contributed by atoms with E-state index in [2.05, 4.69) is 20.5 Å². The minimum Gasteiger partial charge on any atom is -0.364 e. The van der Waals surface area contributed by atoms with Crippen LogP contribution in [0.2, 0.25) is 0 Å². The topological polar surface area (TPSA) is 86.8 Å². The molecule has 1 amide bonds. The van der Waals surface area contributed by atoms with E-state index in [9.17, 15) is 9.18 Å². The van der Waals surface area contributed by atoms with Gasteiger partial charge in [-0.05, 0) is 48.4 Å². The van der Waals surface area contributed by atoms with E-state index in [-0.39, 0.29) is 17.6 Å². The molecule has 1 saturated heterocycles. The first-order chi connectivity index (χ1) is 15.2. The third-order valence-electron chi connectivity index (χ3n) is 5.60. The molecule has 1 atom stereocenters. The summed E-state index contributed by atoms with van der Waals surface area (Å²) in [6, 6.07) is 15.7. The van der Waals surface area contributed by atoms with Crippen LogP contribution in [0.25, 0.3) is 11.0 Å².